The lowest BCUT2D eigenvalue weighted by Crippen LogP contribution is -2.14. The zero-order valence-corrected chi connectivity index (χ0v) is 11.6. The van der Waals surface area contributed by atoms with E-state index in [0.717, 1.165) is 12.1 Å². The second-order valence-electron chi connectivity index (χ2n) is 4.11. The molecule has 20 heavy (non-hydrogen) atoms. The van der Waals surface area contributed by atoms with Crippen LogP contribution in [0.3, 0.4) is 0 Å². The molecule has 104 valence electrons. The van der Waals surface area contributed by atoms with E-state index in [1.54, 1.807) is 6.07 Å². The Hall–Kier alpha value is -1.82. The van der Waals surface area contributed by atoms with Crippen molar-refractivity contribution < 1.29 is 18.0 Å². The highest BCUT2D eigenvalue weighted by Gasteiger charge is 2.35. The molecular formula is C14H9BrF3NO. The van der Waals surface area contributed by atoms with Crippen molar-refractivity contribution in [1.82, 2.24) is 0 Å². The molecule has 0 bridgehead atoms. The molecule has 0 heterocycles. The first-order chi connectivity index (χ1) is 9.30. The second kappa shape index (κ2) is 5.28. The van der Waals surface area contributed by atoms with Crippen molar-refractivity contribution in [2.24, 2.45) is 0 Å². The quantitative estimate of drug-likeness (QED) is 0.653. The number of carbonyl (C=O) groups excluding carboxylic acids is 1. The minimum atomic E-state index is -4.58. The average molecular weight is 344 g/mol. The van der Waals surface area contributed by atoms with Crippen LogP contribution in [-0.2, 0) is 6.18 Å². The average Bonchev–Trinajstić information content (AvgIpc) is 2.40. The van der Waals surface area contributed by atoms with Gasteiger partial charge in [0.25, 0.3) is 0 Å². The summed E-state index contributed by atoms with van der Waals surface area (Å²) in [4.78, 5) is 12.3. The Kier molecular flexibility index (Phi) is 3.85. The molecule has 0 saturated heterocycles. The molecule has 0 amide bonds. The first-order valence-electron chi connectivity index (χ1n) is 5.56. The van der Waals surface area contributed by atoms with Gasteiger partial charge in [-0.15, -0.1) is 0 Å². The highest BCUT2D eigenvalue weighted by atomic mass is 79.9. The Morgan fingerprint density at radius 3 is 2.35 bits per heavy atom. The molecule has 0 aliphatic carbocycles. The number of halogens is 4. The van der Waals surface area contributed by atoms with E-state index in [4.69, 9.17) is 5.73 Å². The SMILES string of the molecule is Nc1ccc(Br)c(C(=O)c2ccccc2C(F)(F)F)c1. The van der Waals surface area contributed by atoms with Crippen LogP contribution in [0.2, 0.25) is 0 Å². The number of rotatable bonds is 2. The van der Waals surface area contributed by atoms with Gasteiger partial charge in [0.1, 0.15) is 0 Å². The molecule has 2 aromatic carbocycles. The second-order valence-corrected chi connectivity index (χ2v) is 4.97. The van der Waals surface area contributed by atoms with Crippen LogP contribution in [0.15, 0.2) is 46.9 Å². The van der Waals surface area contributed by atoms with Crippen LogP contribution >= 0.6 is 15.9 Å². The van der Waals surface area contributed by atoms with Crippen LogP contribution in [-0.4, -0.2) is 5.78 Å². The zero-order chi connectivity index (χ0) is 14.9. The molecule has 0 aliphatic rings. The molecule has 0 spiro atoms. The summed E-state index contributed by atoms with van der Waals surface area (Å²) in [6.07, 6.45) is -4.58. The van der Waals surface area contributed by atoms with Gasteiger partial charge in [0.05, 0.1) is 5.56 Å². The summed E-state index contributed by atoms with van der Waals surface area (Å²) in [6.45, 7) is 0. The third-order valence-corrected chi connectivity index (χ3v) is 3.40. The molecule has 2 nitrogen and oxygen atoms in total. The van der Waals surface area contributed by atoms with Crippen molar-refractivity contribution in [3.05, 3.63) is 63.6 Å². The van der Waals surface area contributed by atoms with Gasteiger partial charge in [-0.25, -0.2) is 0 Å². The number of nitrogen functional groups attached to an aromatic ring is 1. The largest absolute Gasteiger partial charge is 0.417 e. The van der Waals surface area contributed by atoms with E-state index in [9.17, 15) is 18.0 Å². The number of alkyl halides is 3. The maximum atomic E-state index is 12.9. The molecular weight excluding hydrogens is 335 g/mol. The number of hydrogen-bond acceptors (Lipinski definition) is 2. The van der Waals surface area contributed by atoms with E-state index in [0.29, 0.717) is 10.2 Å². The fourth-order valence-corrected chi connectivity index (χ4v) is 2.22. The first kappa shape index (κ1) is 14.6. The Morgan fingerprint density at radius 2 is 1.70 bits per heavy atom. The van der Waals surface area contributed by atoms with Gasteiger partial charge >= 0.3 is 6.18 Å². The third kappa shape index (κ3) is 2.85. The summed E-state index contributed by atoms with van der Waals surface area (Å²) in [6, 6.07) is 9.10. The number of hydrogen-bond donors (Lipinski definition) is 1. The van der Waals surface area contributed by atoms with Crippen LogP contribution in [0.4, 0.5) is 18.9 Å². The molecule has 6 heteroatoms. The summed E-state index contributed by atoms with van der Waals surface area (Å²) < 4.78 is 39.1. The Balaban J connectivity index is 2.57. The molecule has 2 rings (SSSR count). The van der Waals surface area contributed by atoms with E-state index < -0.39 is 23.1 Å². The van der Waals surface area contributed by atoms with Gasteiger partial charge in [0.15, 0.2) is 5.78 Å². The van der Waals surface area contributed by atoms with Crippen molar-refractivity contribution in [3.63, 3.8) is 0 Å². The molecule has 0 fully saturated rings. The molecule has 0 radical (unpaired) electrons. The van der Waals surface area contributed by atoms with Gasteiger partial charge in [-0.05, 0) is 24.3 Å². The van der Waals surface area contributed by atoms with Crippen LogP contribution in [0.5, 0.6) is 0 Å². The van der Waals surface area contributed by atoms with Crippen LogP contribution < -0.4 is 5.73 Å². The number of ketones is 1. The topological polar surface area (TPSA) is 43.1 Å². The Morgan fingerprint density at radius 1 is 1.05 bits per heavy atom. The standard InChI is InChI=1S/C14H9BrF3NO/c15-12-6-5-8(19)7-10(12)13(20)9-3-1-2-4-11(9)14(16,17)18/h1-7H,19H2. The van der Waals surface area contributed by atoms with Crippen molar-refractivity contribution in [3.8, 4) is 0 Å². The summed E-state index contributed by atoms with van der Waals surface area (Å²) in [7, 11) is 0. The zero-order valence-electron chi connectivity index (χ0n) is 10.0. The van der Waals surface area contributed by atoms with Gasteiger partial charge < -0.3 is 5.73 Å². The van der Waals surface area contributed by atoms with E-state index in [2.05, 4.69) is 15.9 Å². The lowest BCUT2D eigenvalue weighted by atomic mass is 9.98. The summed E-state index contributed by atoms with van der Waals surface area (Å²) in [5, 5.41) is 0. The lowest BCUT2D eigenvalue weighted by Gasteiger charge is -2.12. The molecule has 0 unspecified atom stereocenters. The maximum absolute atomic E-state index is 12.9. The third-order valence-electron chi connectivity index (χ3n) is 2.71. The summed E-state index contributed by atoms with van der Waals surface area (Å²) in [5.74, 6) is -0.725. The van der Waals surface area contributed by atoms with E-state index in [-0.39, 0.29) is 5.56 Å². The van der Waals surface area contributed by atoms with Gasteiger partial charge in [0, 0.05) is 21.3 Å². The molecule has 0 saturated carbocycles. The summed E-state index contributed by atoms with van der Waals surface area (Å²) in [5.41, 5.74) is 4.62. The normalized spacial score (nSPS) is 11.4. The van der Waals surface area contributed by atoms with Gasteiger partial charge in [-0.2, -0.15) is 13.2 Å². The molecule has 2 N–H and O–H groups in total. The highest BCUT2D eigenvalue weighted by molar-refractivity contribution is 9.10. The maximum Gasteiger partial charge on any atom is 0.417 e. The van der Waals surface area contributed by atoms with Crippen LogP contribution in [0.1, 0.15) is 21.5 Å². The lowest BCUT2D eigenvalue weighted by molar-refractivity contribution is -0.137. The van der Waals surface area contributed by atoms with E-state index in [1.807, 2.05) is 0 Å². The molecule has 2 aromatic rings. The van der Waals surface area contributed by atoms with Crippen molar-refractivity contribution in [1.29, 1.82) is 0 Å². The summed E-state index contributed by atoms with van der Waals surface area (Å²) >= 11 is 3.15. The number of nitrogens with two attached hydrogens (primary N) is 1. The monoisotopic (exact) mass is 343 g/mol. The van der Waals surface area contributed by atoms with Crippen LogP contribution in [0.25, 0.3) is 0 Å². The Labute approximate surface area is 121 Å². The Bertz CT molecular complexity index is 668. The molecule has 0 aromatic heterocycles. The fourth-order valence-electron chi connectivity index (χ4n) is 1.79. The minimum absolute atomic E-state index is 0.0988. The molecule has 0 aliphatic heterocycles. The first-order valence-corrected chi connectivity index (χ1v) is 6.36. The highest BCUT2D eigenvalue weighted by Crippen LogP contribution is 2.33. The van der Waals surface area contributed by atoms with Crippen molar-refractivity contribution in [2.45, 2.75) is 6.18 Å². The van der Waals surface area contributed by atoms with Crippen LogP contribution in [0, 0.1) is 0 Å². The van der Waals surface area contributed by atoms with Crippen molar-refractivity contribution >= 4 is 27.4 Å². The predicted molar refractivity (Wildman–Crippen MR) is 73.4 cm³/mol. The van der Waals surface area contributed by atoms with Crippen molar-refractivity contribution in [2.75, 3.05) is 5.73 Å². The number of anilines is 1. The number of benzene rings is 2. The smallest absolute Gasteiger partial charge is 0.399 e. The predicted octanol–water partition coefficient (Wildman–Crippen LogP) is 4.28. The van der Waals surface area contributed by atoms with Gasteiger partial charge in [0.2, 0.25) is 0 Å². The molecule has 0 atom stereocenters. The van der Waals surface area contributed by atoms with E-state index >= 15 is 0 Å². The van der Waals surface area contributed by atoms with Gasteiger partial charge in [-0.1, -0.05) is 34.1 Å². The van der Waals surface area contributed by atoms with E-state index in [1.165, 1.54) is 24.3 Å². The van der Waals surface area contributed by atoms with Gasteiger partial charge in [-0.3, -0.25) is 4.79 Å². The minimum Gasteiger partial charge on any atom is -0.399 e. The fraction of sp³-hybridized carbons (Fsp3) is 0.0714. The number of carbonyl (C=O) groups is 1.